The van der Waals surface area contributed by atoms with E-state index in [1.54, 1.807) is 76.8 Å². The highest BCUT2D eigenvalue weighted by atomic mass is 32.2. The van der Waals surface area contributed by atoms with E-state index in [9.17, 15) is 24.0 Å². The predicted molar refractivity (Wildman–Crippen MR) is 202 cm³/mol. The summed E-state index contributed by atoms with van der Waals surface area (Å²) < 4.78 is 22.3. The van der Waals surface area contributed by atoms with Gasteiger partial charge in [-0.1, -0.05) is 66.7 Å². The number of ether oxygens (including phenoxy) is 4. The van der Waals surface area contributed by atoms with Crippen molar-refractivity contribution in [2.45, 2.75) is 76.7 Å². The third kappa shape index (κ3) is 8.79. The third-order valence-corrected chi connectivity index (χ3v) is 9.79. The Kier molecular flexibility index (Phi) is 10.9. The van der Waals surface area contributed by atoms with Crippen LogP contribution in [0, 0.1) is 0 Å². The molecule has 0 unspecified atom stereocenters. The lowest BCUT2D eigenvalue weighted by Gasteiger charge is -2.49. The first-order valence-electron chi connectivity index (χ1n) is 17.6. The molecule has 0 bridgehead atoms. The van der Waals surface area contributed by atoms with Crippen LogP contribution in [0.3, 0.4) is 0 Å². The summed E-state index contributed by atoms with van der Waals surface area (Å²) in [7, 11) is 0. The number of amides is 3. The minimum atomic E-state index is -0.931. The van der Waals surface area contributed by atoms with Crippen LogP contribution >= 0.6 is 11.8 Å². The predicted octanol–water partition coefficient (Wildman–Crippen LogP) is 7.06. The maximum Gasteiger partial charge on any atom is 0.514 e. The third-order valence-electron chi connectivity index (χ3n) is 8.49. The number of anilines is 1. The average Bonchev–Trinajstić information content (AvgIpc) is 3.47. The number of nitrogens with zero attached hydrogens (tertiary/aromatic N) is 2. The van der Waals surface area contributed by atoms with Crippen molar-refractivity contribution in [1.29, 1.82) is 0 Å². The number of nitrogens with one attached hydrogen (secondary N) is 1. The molecule has 54 heavy (non-hydrogen) atoms. The van der Waals surface area contributed by atoms with Gasteiger partial charge in [-0.3, -0.25) is 14.5 Å². The molecule has 2 saturated heterocycles. The summed E-state index contributed by atoms with van der Waals surface area (Å²) >= 11 is 1.36. The number of esters is 1. The molecular weight excluding hydrogens is 711 g/mol. The molecule has 3 aromatic rings. The molecule has 0 aromatic heterocycles. The molecule has 0 radical (unpaired) electrons. The van der Waals surface area contributed by atoms with Crippen LogP contribution in [-0.4, -0.2) is 69.8 Å². The Labute approximate surface area is 318 Å². The van der Waals surface area contributed by atoms with Gasteiger partial charge in [0.25, 0.3) is 11.8 Å². The van der Waals surface area contributed by atoms with Crippen molar-refractivity contribution in [3.63, 3.8) is 0 Å². The van der Waals surface area contributed by atoms with Gasteiger partial charge in [0.1, 0.15) is 34.1 Å². The molecule has 3 aliphatic rings. The summed E-state index contributed by atoms with van der Waals surface area (Å²) in [6.45, 7) is 10.7. The number of carbonyl (C=O) groups is 5. The number of β-lactam (4-membered cyclic amide) rings is 1. The standard InChI is InChI=1S/C41H43N3O9S/c1-40(2,3)52-38(48)42-31-35(46)44-32(37(47)51-33(25-14-9-7-10-15-25)26-16-11-8-12-17-26)28(24-54-36(31)44)22-27-20-21-43(34(27)45)29-18-13-19-30(23-29)50-39(49)53-41(4,5)6/h7-19,22-23,31,33,36H,20-21,24H2,1-6H3,(H,42,48)/t31-,36-/m1/s1. The second kappa shape index (κ2) is 15.4. The van der Waals surface area contributed by atoms with Gasteiger partial charge in [-0.15, -0.1) is 11.8 Å². The van der Waals surface area contributed by atoms with Crippen LogP contribution in [0.4, 0.5) is 15.3 Å². The fourth-order valence-electron chi connectivity index (χ4n) is 6.21. The number of allylic oxidation sites excluding steroid dienone is 1. The summed E-state index contributed by atoms with van der Waals surface area (Å²) in [4.78, 5) is 69.9. The first-order chi connectivity index (χ1) is 25.6. The number of hydrogen-bond acceptors (Lipinski definition) is 10. The van der Waals surface area contributed by atoms with Crippen LogP contribution in [0.5, 0.6) is 5.75 Å². The van der Waals surface area contributed by atoms with Crippen molar-refractivity contribution in [3.8, 4) is 5.75 Å². The second-order valence-electron chi connectivity index (χ2n) is 15.0. The average molecular weight is 754 g/mol. The highest BCUT2D eigenvalue weighted by Gasteiger charge is 2.55. The van der Waals surface area contributed by atoms with E-state index in [-0.39, 0.29) is 23.1 Å². The zero-order chi connectivity index (χ0) is 38.8. The topological polar surface area (TPSA) is 141 Å². The second-order valence-corrected chi connectivity index (χ2v) is 16.1. The molecule has 282 valence electrons. The minimum Gasteiger partial charge on any atom is -0.448 e. The number of fused-ring (bicyclic) bond motifs is 1. The molecule has 12 nitrogen and oxygen atoms in total. The number of benzene rings is 3. The fourth-order valence-corrected chi connectivity index (χ4v) is 7.52. The molecule has 0 aliphatic carbocycles. The van der Waals surface area contributed by atoms with Gasteiger partial charge in [0.2, 0.25) is 0 Å². The van der Waals surface area contributed by atoms with Crippen LogP contribution in [0.15, 0.2) is 108 Å². The van der Waals surface area contributed by atoms with E-state index in [0.29, 0.717) is 29.8 Å². The van der Waals surface area contributed by atoms with Gasteiger partial charge in [0, 0.05) is 29.6 Å². The minimum absolute atomic E-state index is 0.00867. The van der Waals surface area contributed by atoms with Gasteiger partial charge in [-0.05, 0) is 82.9 Å². The molecule has 2 fully saturated rings. The number of hydrogen-bond donors (Lipinski definition) is 1. The maximum absolute atomic E-state index is 14.4. The van der Waals surface area contributed by atoms with Crippen molar-refractivity contribution >= 4 is 47.5 Å². The smallest absolute Gasteiger partial charge is 0.448 e. The van der Waals surface area contributed by atoms with E-state index in [1.165, 1.54) is 16.7 Å². The molecule has 1 N–H and O–H groups in total. The zero-order valence-corrected chi connectivity index (χ0v) is 31.8. The quantitative estimate of drug-likeness (QED) is 0.0836. The molecular formula is C41H43N3O9S. The maximum atomic E-state index is 14.4. The van der Waals surface area contributed by atoms with E-state index < -0.39 is 52.8 Å². The van der Waals surface area contributed by atoms with E-state index >= 15 is 0 Å². The SMILES string of the molecule is CC(C)(C)OC(=O)N[C@@H]1C(=O)N2C(C(=O)OC(c3ccccc3)c3ccccc3)=C(C=C3CCN(c4cccc(OC(=O)OC(C)(C)C)c4)C3=O)CS[C@H]12. The molecule has 2 atom stereocenters. The Bertz CT molecular complexity index is 1960. The number of alkyl carbamates (subject to hydrolysis) is 1. The lowest BCUT2D eigenvalue weighted by molar-refractivity contribution is -0.153. The molecule has 0 saturated carbocycles. The molecule has 13 heteroatoms. The highest BCUT2D eigenvalue weighted by molar-refractivity contribution is 8.00. The summed E-state index contributed by atoms with van der Waals surface area (Å²) in [6, 6.07) is 24.2. The van der Waals surface area contributed by atoms with E-state index in [0.717, 1.165) is 11.1 Å². The van der Waals surface area contributed by atoms with Gasteiger partial charge in [-0.25, -0.2) is 14.4 Å². The molecule has 3 aromatic carbocycles. The van der Waals surface area contributed by atoms with Gasteiger partial charge in [-0.2, -0.15) is 0 Å². The Morgan fingerprint density at radius 1 is 0.852 bits per heavy atom. The molecule has 3 aliphatic heterocycles. The van der Waals surface area contributed by atoms with E-state index in [4.69, 9.17) is 18.9 Å². The highest BCUT2D eigenvalue weighted by Crippen LogP contribution is 2.43. The monoisotopic (exact) mass is 753 g/mol. The van der Waals surface area contributed by atoms with Crippen LogP contribution in [0.25, 0.3) is 0 Å². The zero-order valence-electron chi connectivity index (χ0n) is 31.0. The van der Waals surface area contributed by atoms with Crippen molar-refractivity contribution in [1.82, 2.24) is 10.2 Å². The Balaban J connectivity index is 1.30. The van der Waals surface area contributed by atoms with Gasteiger partial charge in [0.05, 0.1) is 0 Å². The number of rotatable bonds is 8. The van der Waals surface area contributed by atoms with Crippen LogP contribution in [-0.2, 0) is 28.6 Å². The van der Waals surface area contributed by atoms with Gasteiger partial charge < -0.3 is 29.2 Å². The van der Waals surface area contributed by atoms with Crippen molar-refractivity contribution < 1.29 is 42.9 Å². The van der Waals surface area contributed by atoms with E-state index in [2.05, 4.69) is 5.32 Å². The van der Waals surface area contributed by atoms with Crippen LogP contribution in [0.2, 0.25) is 0 Å². The Morgan fingerprint density at radius 3 is 2.09 bits per heavy atom. The van der Waals surface area contributed by atoms with E-state index in [1.807, 2.05) is 60.7 Å². The number of carbonyl (C=O) groups excluding carboxylic acids is 5. The van der Waals surface area contributed by atoms with Crippen molar-refractivity contribution in [2.75, 3.05) is 17.2 Å². The normalized spacial score (nSPS) is 19.4. The lowest BCUT2D eigenvalue weighted by Crippen LogP contribution is -2.70. The largest absolute Gasteiger partial charge is 0.514 e. The van der Waals surface area contributed by atoms with Crippen LogP contribution < -0.4 is 15.0 Å². The Morgan fingerprint density at radius 2 is 1.48 bits per heavy atom. The summed E-state index contributed by atoms with van der Waals surface area (Å²) in [5, 5.41) is 2.05. The summed E-state index contributed by atoms with van der Waals surface area (Å²) in [6.07, 6.45) is -0.389. The Hall–Kier alpha value is -5.56. The fraction of sp³-hybridized carbons (Fsp3) is 0.341. The first-order valence-corrected chi connectivity index (χ1v) is 18.6. The molecule has 3 heterocycles. The molecule has 3 amide bonds. The van der Waals surface area contributed by atoms with Crippen molar-refractivity contribution in [3.05, 3.63) is 119 Å². The number of thioether (sulfide) groups is 1. The van der Waals surface area contributed by atoms with Gasteiger partial charge >= 0.3 is 18.2 Å². The van der Waals surface area contributed by atoms with Gasteiger partial charge in [0.15, 0.2) is 6.10 Å². The first kappa shape index (κ1) is 38.2. The molecule has 0 spiro atoms. The molecule has 6 rings (SSSR count). The summed E-state index contributed by atoms with van der Waals surface area (Å²) in [5.41, 5.74) is 1.34. The lowest BCUT2D eigenvalue weighted by atomic mass is 10.00. The van der Waals surface area contributed by atoms with Crippen LogP contribution in [0.1, 0.15) is 65.2 Å². The van der Waals surface area contributed by atoms with Crippen molar-refractivity contribution in [2.24, 2.45) is 0 Å². The summed E-state index contributed by atoms with van der Waals surface area (Å²) in [5.74, 6) is -1.08.